The molecule has 1 aliphatic rings. The number of hydrazone groups is 1. The molecule has 0 bridgehead atoms. The van der Waals surface area contributed by atoms with E-state index in [-0.39, 0.29) is 17.2 Å². The van der Waals surface area contributed by atoms with Crippen molar-refractivity contribution in [3.8, 4) is 0 Å². The number of aliphatic imine (C=N–C) groups is 1. The summed E-state index contributed by atoms with van der Waals surface area (Å²) in [5, 5.41) is 26.6. The number of Topliss-reactive ketones (excluding diaryl/α,β-unsaturated/α-hetero) is 1. The topological polar surface area (TPSA) is 140 Å². The number of non-ortho nitro benzene ring substituents is 1. The van der Waals surface area contributed by atoms with Gasteiger partial charge in [0, 0.05) is 23.9 Å². The third kappa shape index (κ3) is 4.20. The third-order valence-electron chi connectivity index (χ3n) is 3.72. The van der Waals surface area contributed by atoms with Crippen molar-refractivity contribution in [2.24, 2.45) is 10.1 Å². The number of hydrogen-bond donors (Lipinski definition) is 1. The van der Waals surface area contributed by atoms with Gasteiger partial charge in [0.1, 0.15) is 10.7 Å². The van der Waals surface area contributed by atoms with Crippen LogP contribution in [0.4, 0.5) is 17.1 Å². The van der Waals surface area contributed by atoms with Crippen LogP contribution >= 0.6 is 11.8 Å². The number of hydrogen-bond acceptors (Lipinski definition) is 9. The number of thioether (sulfide) groups is 1. The van der Waals surface area contributed by atoms with Crippen LogP contribution < -0.4 is 5.43 Å². The lowest BCUT2D eigenvalue weighted by Gasteiger charge is -2.07. The van der Waals surface area contributed by atoms with E-state index in [1.54, 1.807) is 30.3 Å². The first-order valence-electron chi connectivity index (χ1n) is 8.01. The smallest absolute Gasteiger partial charge is 0.287 e. The number of carbonyl (C=O) groups is 1. The minimum atomic E-state index is -0.759. The zero-order valence-corrected chi connectivity index (χ0v) is 15.1. The Morgan fingerprint density at radius 1 is 1.11 bits per heavy atom. The molecular weight excluding hydrogens is 386 g/mol. The minimum absolute atomic E-state index is 0.0290. The van der Waals surface area contributed by atoms with Gasteiger partial charge in [-0.1, -0.05) is 30.3 Å². The van der Waals surface area contributed by atoms with E-state index in [1.807, 2.05) is 0 Å². The highest BCUT2D eigenvalue weighted by Gasteiger charge is 2.24. The largest absolute Gasteiger partial charge is 0.301 e. The zero-order valence-electron chi connectivity index (χ0n) is 14.3. The van der Waals surface area contributed by atoms with Crippen LogP contribution in [0.3, 0.4) is 0 Å². The predicted octanol–water partition coefficient (Wildman–Crippen LogP) is 3.30. The molecule has 2 aromatic rings. The maximum Gasteiger partial charge on any atom is 0.301 e. The van der Waals surface area contributed by atoms with Gasteiger partial charge in [-0.05, 0) is 6.07 Å². The monoisotopic (exact) mass is 399 g/mol. The van der Waals surface area contributed by atoms with E-state index in [1.165, 1.54) is 17.8 Å². The van der Waals surface area contributed by atoms with E-state index < -0.39 is 21.2 Å². The van der Waals surface area contributed by atoms with Crippen LogP contribution in [0.5, 0.6) is 0 Å². The molecule has 0 aromatic heterocycles. The molecule has 0 spiro atoms. The molecule has 28 heavy (non-hydrogen) atoms. The van der Waals surface area contributed by atoms with Gasteiger partial charge in [0.15, 0.2) is 5.71 Å². The standard InChI is InChI=1S/C17H13N5O5S/c23-16(11-4-2-1-3-5-11)15(17-18-8-9-28-17)20-19-13-7-6-12(21(24)25)10-14(13)22(26)27/h1-7,10,19H,8-9H2/b20-15-. The van der Waals surface area contributed by atoms with Gasteiger partial charge >= 0.3 is 5.69 Å². The summed E-state index contributed by atoms with van der Waals surface area (Å²) in [4.78, 5) is 37.7. The highest BCUT2D eigenvalue weighted by atomic mass is 32.2. The zero-order chi connectivity index (χ0) is 20.1. The quantitative estimate of drug-likeness (QED) is 0.326. The average Bonchev–Trinajstić information content (AvgIpc) is 3.23. The molecule has 1 heterocycles. The first-order chi connectivity index (χ1) is 13.5. The van der Waals surface area contributed by atoms with Gasteiger partial charge in [-0.15, -0.1) is 11.8 Å². The average molecular weight is 399 g/mol. The fourth-order valence-electron chi connectivity index (χ4n) is 2.40. The first kappa shape index (κ1) is 19.2. The maximum atomic E-state index is 12.8. The van der Waals surface area contributed by atoms with Crippen LogP contribution in [-0.2, 0) is 0 Å². The highest BCUT2D eigenvalue weighted by Crippen LogP contribution is 2.29. The molecular formula is C17H13N5O5S. The Morgan fingerprint density at radius 2 is 1.86 bits per heavy atom. The molecule has 0 atom stereocenters. The molecule has 1 aliphatic heterocycles. The van der Waals surface area contributed by atoms with Gasteiger partial charge < -0.3 is 0 Å². The van der Waals surface area contributed by atoms with Crippen molar-refractivity contribution in [1.29, 1.82) is 0 Å². The van der Waals surface area contributed by atoms with Crippen molar-refractivity contribution in [1.82, 2.24) is 0 Å². The van der Waals surface area contributed by atoms with Crippen LogP contribution in [0.2, 0.25) is 0 Å². The first-order valence-corrected chi connectivity index (χ1v) is 9.00. The summed E-state index contributed by atoms with van der Waals surface area (Å²) in [5.41, 5.74) is 1.91. The molecule has 10 nitrogen and oxygen atoms in total. The summed E-state index contributed by atoms with van der Waals surface area (Å²) >= 11 is 1.36. The third-order valence-corrected chi connectivity index (χ3v) is 4.70. The second kappa shape index (κ2) is 8.39. The Hall–Kier alpha value is -3.60. The maximum absolute atomic E-state index is 12.8. The highest BCUT2D eigenvalue weighted by molar-refractivity contribution is 8.16. The predicted molar refractivity (Wildman–Crippen MR) is 106 cm³/mol. The van der Waals surface area contributed by atoms with Gasteiger partial charge in [0.25, 0.3) is 5.69 Å². The van der Waals surface area contributed by atoms with Gasteiger partial charge in [-0.2, -0.15) is 5.10 Å². The molecule has 0 aliphatic carbocycles. The SMILES string of the molecule is O=C(/C(=N/Nc1ccc([N+](=O)[O-])cc1[N+](=O)[O-])C1=NCCS1)c1ccccc1. The van der Waals surface area contributed by atoms with Gasteiger partial charge in [0.2, 0.25) is 5.78 Å². The molecule has 142 valence electrons. The molecule has 0 fully saturated rings. The summed E-state index contributed by atoms with van der Waals surface area (Å²) in [6.07, 6.45) is 0. The van der Waals surface area contributed by atoms with E-state index in [0.29, 0.717) is 22.9 Å². The molecule has 3 rings (SSSR count). The van der Waals surface area contributed by atoms with Crippen molar-refractivity contribution >= 4 is 45.4 Å². The van der Waals surface area contributed by atoms with Crippen molar-refractivity contribution in [2.45, 2.75) is 0 Å². The van der Waals surface area contributed by atoms with E-state index in [2.05, 4.69) is 15.5 Å². The Kier molecular flexibility index (Phi) is 5.75. The second-order valence-corrected chi connectivity index (χ2v) is 6.60. The lowest BCUT2D eigenvalue weighted by Crippen LogP contribution is -2.23. The fourth-order valence-corrected chi connectivity index (χ4v) is 3.23. The number of ketones is 1. The Morgan fingerprint density at radius 3 is 2.46 bits per heavy atom. The van der Waals surface area contributed by atoms with Gasteiger partial charge in [-0.3, -0.25) is 35.4 Å². The van der Waals surface area contributed by atoms with Crippen LogP contribution in [-0.4, -0.2) is 38.7 Å². The van der Waals surface area contributed by atoms with Gasteiger partial charge in [-0.25, -0.2) is 0 Å². The summed E-state index contributed by atoms with van der Waals surface area (Å²) in [7, 11) is 0. The molecule has 1 N–H and O–H groups in total. The Labute approximate surface area is 162 Å². The molecule has 0 radical (unpaired) electrons. The number of nitrogens with one attached hydrogen (secondary N) is 1. The molecule has 11 heteroatoms. The second-order valence-electron chi connectivity index (χ2n) is 5.52. The Bertz CT molecular complexity index is 1010. The summed E-state index contributed by atoms with van der Waals surface area (Å²) in [6.45, 7) is 0.540. The van der Waals surface area contributed by atoms with Crippen molar-refractivity contribution < 1.29 is 14.6 Å². The normalized spacial score (nSPS) is 13.7. The Balaban J connectivity index is 1.97. The minimum Gasteiger partial charge on any atom is -0.287 e. The van der Waals surface area contributed by atoms with Crippen LogP contribution in [0.1, 0.15) is 10.4 Å². The molecule has 2 aromatic carbocycles. The number of nitro benzene ring substituents is 2. The number of rotatable bonds is 7. The van der Waals surface area contributed by atoms with Crippen LogP contribution in [0.15, 0.2) is 58.6 Å². The van der Waals surface area contributed by atoms with E-state index in [0.717, 1.165) is 12.1 Å². The van der Waals surface area contributed by atoms with E-state index >= 15 is 0 Å². The number of nitrogens with zero attached hydrogens (tertiary/aromatic N) is 4. The molecule has 0 unspecified atom stereocenters. The fraction of sp³-hybridized carbons (Fsp3) is 0.118. The van der Waals surface area contributed by atoms with Crippen LogP contribution in [0.25, 0.3) is 0 Å². The van der Waals surface area contributed by atoms with E-state index in [9.17, 15) is 25.0 Å². The molecule has 0 saturated carbocycles. The summed E-state index contributed by atoms with van der Waals surface area (Å²) in [6, 6.07) is 11.6. The van der Waals surface area contributed by atoms with E-state index in [4.69, 9.17) is 0 Å². The van der Waals surface area contributed by atoms with Crippen molar-refractivity contribution in [2.75, 3.05) is 17.7 Å². The van der Waals surface area contributed by atoms with Crippen molar-refractivity contribution in [3.05, 3.63) is 74.3 Å². The molecule has 0 saturated heterocycles. The van der Waals surface area contributed by atoms with Gasteiger partial charge in [0.05, 0.1) is 15.9 Å². The number of anilines is 1. The summed E-state index contributed by atoms with van der Waals surface area (Å²) < 4.78 is 0. The number of carbonyl (C=O) groups excluding carboxylic acids is 1. The molecule has 0 amide bonds. The number of nitro groups is 2. The van der Waals surface area contributed by atoms with Crippen molar-refractivity contribution in [3.63, 3.8) is 0 Å². The lowest BCUT2D eigenvalue weighted by molar-refractivity contribution is -0.393. The van der Waals surface area contributed by atoms with Crippen LogP contribution in [0, 0.1) is 20.2 Å². The summed E-state index contributed by atoms with van der Waals surface area (Å²) in [5.74, 6) is 0.319. The number of benzene rings is 2. The lowest BCUT2D eigenvalue weighted by atomic mass is 10.1.